The maximum atomic E-state index is 10.4. The minimum Gasteiger partial charge on any atom is -0.501 e. The summed E-state index contributed by atoms with van der Waals surface area (Å²) in [5.74, 6) is -2.44. The van der Waals surface area contributed by atoms with Gasteiger partial charge in [-0.3, -0.25) is 0 Å². The molecule has 0 radical (unpaired) electrons. The zero-order valence-electron chi connectivity index (χ0n) is 7.14. The van der Waals surface area contributed by atoms with E-state index in [4.69, 9.17) is 15.5 Å². The Kier molecular flexibility index (Phi) is 2.87. The molecule has 2 N–H and O–H groups in total. The number of aliphatic hydroxyl groups excluding tert-OH is 1. The van der Waals surface area contributed by atoms with Crippen LogP contribution < -0.4 is 0 Å². The van der Waals surface area contributed by atoms with Crippen LogP contribution in [-0.2, 0) is 4.79 Å². The van der Waals surface area contributed by atoms with Gasteiger partial charge in [-0.15, -0.1) is 0 Å². The summed E-state index contributed by atoms with van der Waals surface area (Å²) in [7, 11) is 0. The first-order valence-corrected chi connectivity index (χ1v) is 3.79. The van der Waals surface area contributed by atoms with Crippen molar-refractivity contribution in [2.75, 3.05) is 0 Å². The minimum atomic E-state index is -1.51. The third-order valence-corrected chi connectivity index (χ3v) is 1.61. The van der Waals surface area contributed by atoms with Crippen molar-refractivity contribution in [2.24, 2.45) is 0 Å². The molecule has 0 aromatic heterocycles. The van der Waals surface area contributed by atoms with Crippen LogP contribution in [0, 0.1) is 11.3 Å². The van der Waals surface area contributed by atoms with Gasteiger partial charge in [0.2, 0.25) is 5.76 Å². The number of benzene rings is 1. The molecule has 1 rings (SSSR count). The van der Waals surface area contributed by atoms with E-state index in [1.165, 1.54) is 0 Å². The lowest BCUT2D eigenvalue weighted by atomic mass is 10.1. The standard InChI is InChI=1S/C10H7NO3/c11-6-8(9(12)10(13)14)7-4-2-1-3-5-7/h1-5,12H,(H,13,14)/b9-8-. The highest BCUT2D eigenvalue weighted by molar-refractivity contribution is 5.97. The van der Waals surface area contributed by atoms with E-state index in [9.17, 15) is 4.79 Å². The summed E-state index contributed by atoms with van der Waals surface area (Å²) in [5.41, 5.74) is 0.146. The molecule has 0 unspecified atom stereocenters. The molecule has 14 heavy (non-hydrogen) atoms. The van der Waals surface area contributed by atoms with Gasteiger partial charge in [-0.25, -0.2) is 4.79 Å². The zero-order valence-corrected chi connectivity index (χ0v) is 7.14. The molecule has 4 nitrogen and oxygen atoms in total. The lowest BCUT2D eigenvalue weighted by Crippen LogP contribution is -2.02. The SMILES string of the molecule is N#C/C(=C(/O)C(=O)O)c1ccccc1. The van der Waals surface area contributed by atoms with Gasteiger partial charge in [-0.1, -0.05) is 30.3 Å². The number of hydrogen-bond donors (Lipinski definition) is 2. The first kappa shape index (κ1) is 9.81. The smallest absolute Gasteiger partial charge is 0.372 e. The van der Waals surface area contributed by atoms with E-state index in [-0.39, 0.29) is 5.57 Å². The van der Waals surface area contributed by atoms with Crippen LogP contribution in [0.5, 0.6) is 0 Å². The highest BCUT2D eigenvalue weighted by atomic mass is 16.4. The molecule has 0 aliphatic rings. The van der Waals surface area contributed by atoms with E-state index in [0.29, 0.717) is 5.56 Å². The van der Waals surface area contributed by atoms with Gasteiger partial charge in [0, 0.05) is 0 Å². The maximum Gasteiger partial charge on any atom is 0.372 e. The van der Waals surface area contributed by atoms with Crippen LogP contribution in [-0.4, -0.2) is 16.2 Å². The van der Waals surface area contributed by atoms with E-state index in [0.717, 1.165) is 0 Å². The number of aliphatic hydroxyl groups is 1. The van der Waals surface area contributed by atoms with Gasteiger partial charge in [-0.2, -0.15) is 5.26 Å². The molecule has 70 valence electrons. The van der Waals surface area contributed by atoms with Crippen LogP contribution in [0.4, 0.5) is 0 Å². The molecule has 0 spiro atoms. The molecule has 0 fully saturated rings. The van der Waals surface area contributed by atoms with Crippen molar-refractivity contribution in [1.82, 2.24) is 0 Å². The van der Waals surface area contributed by atoms with E-state index in [1.807, 2.05) is 0 Å². The Morgan fingerprint density at radius 2 is 1.79 bits per heavy atom. The monoisotopic (exact) mass is 189 g/mol. The van der Waals surface area contributed by atoms with Crippen molar-refractivity contribution in [3.63, 3.8) is 0 Å². The molecule has 4 heteroatoms. The molecule has 1 aromatic rings. The van der Waals surface area contributed by atoms with Gasteiger partial charge >= 0.3 is 5.97 Å². The normalized spacial score (nSPS) is 11.4. The van der Waals surface area contributed by atoms with Crippen molar-refractivity contribution in [3.05, 3.63) is 41.7 Å². The first-order valence-electron chi connectivity index (χ1n) is 3.79. The lowest BCUT2D eigenvalue weighted by molar-refractivity contribution is -0.135. The summed E-state index contributed by atoms with van der Waals surface area (Å²) in [5, 5.41) is 26.3. The highest BCUT2D eigenvalue weighted by Gasteiger charge is 2.13. The first-order chi connectivity index (χ1) is 6.66. The number of aliphatic carboxylic acids is 1. The van der Waals surface area contributed by atoms with Crippen molar-refractivity contribution < 1.29 is 15.0 Å². The second-order valence-corrected chi connectivity index (χ2v) is 2.51. The summed E-state index contributed by atoms with van der Waals surface area (Å²) >= 11 is 0. The van der Waals surface area contributed by atoms with Crippen LogP contribution >= 0.6 is 0 Å². The quantitative estimate of drug-likeness (QED) is 0.420. The predicted molar refractivity (Wildman–Crippen MR) is 49.2 cm³/mol. The second kappa shape index (κ2) is 4.10. The molecule has 0 amide bonds. The summed E-state index contributed by atoms with van der Waals surface area (Å²) < 4.78 is 0. The molecule has 0 aliphatic carbocycles. The fourth-order valence-electron chi connectivity index (χ4n) is 0.966. The highest BCUT2D eigenvalue weighted by Crippen LogP contribution is 2.16. The predicted octanol–water partition coefficient (Wildman–Crippen LogP) is 1.56. The largest absolute Gasteiger partial charge is 0.501 e. The number of carboxylic acid groups (broad SMARTS) is 1. The molecular formula is C10H7NO3. The Labute approximate surface area is 80.3 Å². The van der Waals surface area contributed by atoms with Gasteiger partial charge in [0.25, 0.3) is 0 Å². The molecule has 0 saturated carbocycles. The number of carboxylic acids is 1. The van der Waals surface area contributed by atoms with E-state index < -0.39 is 11.7 Å². The maximum absolute atomic E-state index is 10.4. The van der Waals surface area contributed by atoms with Crippen molar-refractivity contribution in [1.29, 1.82) is 5.26 Å². The molecular weight excluding hydrogens is 182 g/mol. The molecule has 0 aliphatic heterocycles. The van der Waals surface area contributed by atoms with Gasteiger partial charge in [0.15, 0.2) is 0 Å². The van der Waals surface area contributed by atoms with E-state index in [1.54, 1.807) is 36.4 Å². The Bertz CT molecular complexity index is 415. The van der Waals surface area contributed by atoms with Crippen molar-refractivity contribution in [2.45, 2.75) is 0 Å². The third kappa shape index (κ3) is 1.90. The topological polar surface area (TPSA) is 81.3 Å². The van der Waals surface area contributed by atoms with E-state index in [2.05, 4.69) is 0 Å². The van der Waals surface area contributed by atoms with Crippen molar-refractivity contribution in [3.8, 4) is 6.07 Å². The number of hydrogen-bond acceptors (Lipinski definition) is 3. The van der Waals surface area contributed by atoms with E-state index >= 15 is 0 Å². The minimum absolute atomic E-state index is 0.238. The molecule has 0 atom stereocenters. The molecule has 0 bridgehead atoms. The Morgan fingerprint density at radius 3 is 2.21 bits per heavy atom. The zero-order chi connectivity index (χ0) is 10.6. The molecule has 0 heterocycles. The van der Waals surface area contributed by atoms with Crippen LogP contribution in [0.25, 0.3) is 5.57 Å². The van der Waals surface area contributed by atoms with Gasteiger partial charge in [0.05, 0.1) is 0 Å². The average molecular weight is 189 g/mol. The van der Waals surface area contributed by atoms with Crippen LogP contribution in [0.3, 0.4) is 0 Å². The van der Waals surface area contributed by atoms with Crippen LogP contribution in [0.1, 0.15) is 5.56 Å². The molecule has 0 saturated heterocycles. The lowest BCUT2D eigenvalue weighted by Gasteiger charge is -1.99. The van der Waals surface area contributed by atoms with Gasteiger partial charge < -0.3 is 10.2 Å². The van der Waals surface area contributed by atoms with Gasteiger partial charge in [-0.05, 0) is 5.56 Å². The van der Waals surface area contributed by atoms with Crippen molar-refractivity contribution >= 4 is 11.5 Å². The number of rotatable bonds is 2. The number of carbonyl (C=O) groups is 1. The number of nitriles is 1. The Balaban J connectivity index is 3.26. The number of allylic oxidation sites excluding steroid dienone is 1. The summed E-state index contributed by atoms with van der Waals surface area (Å²) in [6, 6.07) is 9.80. The third-order valence-electron chi connectivity index (χ3n) is 1.61. The Morgan fingerprint density at radius 1 is 1.21 bits per heavy atom. The summed E-state index contributed by atoms with van der Waals surface area (Å²) in [4.78, 5) is 10.4. The second-order valence-electron chi connectivity index (χ2n) is 2.51. The average Bonchev–Trinajstić information content (AvgIpc) is 2.20. The fourth-order valence-corrected chi connectivity index (χ4v) is 0.966. The fraction of sp³-hybridized carbons (Fsp3) is 0. The van der Waals surface area contributed by atoms with Crippen LogP contribution in [0.15, 0.2) is 36.1 Å². The Hall–Kier alpha value is -2.28. The number of nitrogens with zero attached hydrogens (tertiary/aromatic N) is 1. The summed E-state index contributed by atoms with van der Waals surface area (Å²) in [6.45, 7) is 0. The van der Waals surface area contributed by atoms with Gasteiger partial charge in [0.1, 0.15) is 11.6 Å². The van der Waals surface area contributed by atoms with Crippen LogP contribution in [0.2, 0.25) is 0 Å². The molecule has 1 aromatic carbocycles. The summed E-state index contributed by atoms with van der Waals surface area (Å²) in [6.07, 6.45) is 0.